The van der Waals surface area contributed by atoms with Crippen molar-refractivity contribution >= 4 is 18.0 Å². The van der Waals surface area contributed by atoms with Crippen LogP contribution in [0.5, 0.6) is 0 Å². The Morgan fingerprint density at radius 3 is 1.72 bits per heavy atom. The predicted molar refractivity (Wildman–Crippen MR) is 173 cm³/mol. The van der Waals surface area contributed by atoms with Crippen LogP contribution in [0.15, 0.2) is 126 Å². The maximum Gasteiger partial charge on any atom is 0.187 e. The minimum Gasteiger partial charge on any atom is -0.310 e. The molecule has 43 heavy (non-hydrogen) atoms. The fourth-order valence-corrected chi connectivity index (χ4v) is 6.76. The molecule has 3 aromatic carbocycles. The number of allylic oxidation sites excluding steroid dienone is 1. The number of rotatable bonds is 5. The molecule has 6 rings (SSSR count). The molecule has 3 aliphatic rings. The summed E-state index contributed by atoms with van der Waals surface area (Å²) >= 11 is 0. The Morgan fingerprint density at radius 1 is 0.791 bits per heavy atom. The number of fused-ring (bicyclic) bond motifs is 8. The van der Waals surface area contributed by atoms with Crippen LogP contribution in [0.4, 0.5) is 8.78 Å². The van der Waals surface area contributed by atoms with Crippen LogP contribution < -0.4 is 0 Å². The summed E-state index contributed by atoms with van der Waals surface area (Å²) in [6, 6.07) is 28.8. The summed E-state index contributed by atoms with van der Waals surface area (Å²) < 4.78 is 31.9. The smallest absolute Gasteiger partial charge is 0.187 e. The van der Waals surface area contributed by atoms with Crippen molar-refractivity contribution < 1.29 is 8.78 Å². The maximum absolute atomic E-state index is 16.9. The first kappa shape index (κ1) is 30.3. The molecular formula is C37H40F2N4. The third kappa shape index (κ3) is 5.39. The number of amidine groups is 1. The third-order valence-corrected chi connectivity index (χ3v) is 9.64. The monoisotopic (exact) mass is 578 g/mol. The number of hydrogen-bond acceptors (Lipinski definition) is 4. The summed E-state index contributed by atoms with van der Waals surface area (Å²) in [5.74, 6) is -1.93. The van der Waals surface area contributed by atoms with Gasteiger partial charge in [0.25, 0.3) is 0 Å². The van der Waals surface area contributed by atoms with Crippen molar-refractivity contribution in [3.63, 3.8) is 0 Å². The number of hydrogen-bond donors (Lipinski definition) is 1. The van der Waals surface area contributed by atoms with Crippen molar-refractivity contribution in [1.82, 2.24) is 4.90 Å². The van der Waals surface area contributed by atoms with Crippen LogP contribution in [-0.2, 0) is 5.54 Å². The Hall–Kier alpha value is -4.19. The molecule has 0 aliphatic carbocycles. The van der Waals surface area contributed by atoms with E-state index in [0.717, 1.165) is 16.7 Å². The summed E-state index contributed by atoms with van der Waals surface area (Å²) in [7, 11) is 0. The van der Waals surface area contributed by atoms with Gasteiger partial charge in [-0.3, -0.25) is 15.4 Å². The van der Waals surface area contributed by atoms with Gasteiger partial charge >= 0.3 is 0 Å². The van der Waals surface area contributed by atoms with Crippen molar-refractivity contribution in [1.29, 1.82) is 5.41 Å². The lowest BCUT2D eigenvalue weighted by Gasteiger charge is -2.51. The molecule has 0 spiro atoms. The normalized spacial score (nSPS) is 28.8. The minimum atomic E-state index is -1.62. The summed E-state index contributed by atoms with van der Waals surface area (Å²) in [4.78, 5) is 11.3. The van der Waals surface area contributed by atoms with E-state index in [1.807, 2.05) is 116 Å². The lowest BCUT2D eigenvalue weighted by atomic mass is 9.69. The van der Waals surface area contributed by atoms with Crippen LogP contribution in [0.1, 0.15) is 44.4 Å². The highest BCUT2D eigenvalue weighted by atomic mass is 19.1. The van der Waals surface area contributed by atoms with E-state index in [2.05, 4.69) is 25.4 Å². The lowest BCUT2D eigenvalue weighted by Crippen LogP contribution is -2.61. The minimum absolute atomic E-state index is 0.00374. The van der Waals surface area contributed by atoms with E-state index in [-0.39, 0.29) is 29.5 Å². The number of alkyl halides is 1. The highest BCUT2D eigenvalue weighted by molar-refractivity contribution is 5.97. The second-order valence-corrected chi connectivity index (χ2v) is 11.9. The van der Waals surface area contributed by atoms with Gasteiger partial charge in [-0.05, 0) is 46.4 Å². The SMILES string of the molecule is C=C1/C=C\N=C[C@@H](C)[C@H](C)[C@@H](C)[C@@H](C)[C@@H](C(=N)F)[C@@H]2N=C(C2F)N1C(c1ccccc1)(c1ccccc1)c1ccccc1. The van der Waals surface area contributed by atoms with Crippen LogP contribution in [0.2, 0.25) is 0 Å². The number of benzene rings is 3. The van der Waals surface area contributed by atoms with E-state index in [9.17, 15) is 0 Å². The van der Waals surface area contributed by atoms with E-state index >= 15 is 8.78 Å². The predicted octanol–water partition coefficient (Wildman–Crippen LogP) is 8.62. The first-order valence-corrected chi connectivity index (χ1v) is 15.0. The summed E-state index contributed by atoms with van der Waals surface area (Å²) in [5.41, 5.74) is 2.09. The molecule has 4 nitrogen and oxygen atoms in total. The van der Waals surface area contributed by atoms with Crippen LogP contribution in [0, 0.1) is 35.0 Å². The van der Waals surface area contributed by atoms with E-state index in [1.54, 1.807) is 12.3 Å². The molecule has 2 bridgehead atoms. The first-order chi connectivity index (χ1) is 20.7. The molecule has 0 aromatic heterocycles. The Bertz CT molecular complexity index is 1420. The fraction of sp³-hybridized carbons (Fsp3) is 0.324. The van der Waals surface area contributed by atoms with Gasteiger partial charge in [-0.2, -0.15) is 4.39 Å². The zero-order valence-corrected chi connectivity index (χ0v) is 25.2. The van der Waals surface area contributed by atoms with Gasteiger partial charge in [-0.1, -0.05) is 125 Å². The molecule has 3 aliphatic heterocycles. The zero-order chi connectivity index (χ0) is 30.7. The number of halogens is 2. The quantitative estimate of drug-likeness (QED) is 0.239. The van der Waals surface area contributed by atoms with Crippen LogP contribution in [0.3, 0.4) is 0 Å². The zero-order valence-electron chi connectivity index (χ0n) is 25.2. The van der Waals surface area contributed by atoms with Crippen LogP contribution >= 0.6 is 0 Å². The van der Waals surface area contributed by atoms with Gasteiger partial charge in [-0.15, -0.1) is 0 Å². The van der Waals surface area contributed by atoms with Gasteiger partial charge in [-0.25, -0.2) is 4.39 Å². The summed E-state index contributed by atoms with van der Waals surface area (Å²) in [6.45, 7) is 12.6. The van der Waals surface area contributed by atoms with Gasteiger partial charge in [0.2, 0.25) is 0 Å². The van der Waals surface area contributed by atoms with Crippen molar-refractivity contribution in [3.05, 3.63) is 132 Å². The average molecular weight is 579 g/mol. The number of nitrogens with zero attached hydrogens (tertiary/aromatic N) is 3. The fourth-order valence-electron chi connectivity index (χ4n) is 6.76. The van der Waals surface area contributed by atoms with Crippen molar-refractivity contribution in [2.75, 3.05) is 0 Å². The van der Waals surface area contributed by atoms with Gasteiger partial charge in [0.1, 0.15) is 17.4 Å². The molecule has 1 N–H and O–H groups in total. The van der Waals surface area contributed by atoms with Gasteiger partial charge in [0, 0.05) is 18.1 Å². The molecular weight excluding hydrogens is 538 g/mol. The Morgan fingerprint density at radius 2 is 1.28 bits per heavy atom. The van der Waals surface area contributed by atoms with Crippen molar-refractivity contribution in [3.8, 4) is 0 Å². The molecule has 0 fully saturated rings. The van der Waals surface area contributed by atoms with E-state index < -0.39 is 29.6 Å². The first-order valence-electron chi connectivity index (χ1n) is 15.0. The van der Waals surface area contributed by atoms with Crippen LogP contribution in [0.25, 0.3) is 0 Å². The largest absolute Gasteiger partial charge is 0.310 e. The topological polar surface area (TPSA) is 51.8 Å². The molecule has 7 atom stereocenters. The van der Waals surface area contributed by atoms with E-state index in [0.29, 0.717) is 5.70 Å². The molecule has 3 aromatic rings. The lowest BCUT2D eigenvalue weighted by molar-refractivity contribution is 0.151. The third-order valence-electron chi connectivity index (χ3n) is 9.64. The second kappa shape index (κ2) is 12.6. The van der Waals surface area contributed by atoms with Crippen molar-refractivity contribution in [2.45, 2.75) is 45.4 Å². The molecule has 0 saturated heterocycles. The molecule has 3 heterocycles. The summed E-state index contributed by atoms with van der Waals surface area (Å²) in [5, 5.41) is 8.09. The molecule has 0 amide bonds. The van der Waals surface area contributed by atoms with Crippen molar-refractivity contribution in [2.24, 2.45) is 39.6 Å². The van der Waals surface area contributed by atoms with E-state index in [4.69, 9.17) is 10.4 Å². The molecule has 6 heteroatoms. The van der Waals surface area contributed by atoms with E-state index in [1.165, 1.54) is 0 Å². The highest BCUT2D eigenvalue weighted by Crippen LogP contribution is 2.48. The highest BCUT2D eigenvalue weighted by Gasteiger charge is 2.54. The van der Waals surface area contributed by atoms with Crippen LogP contribution in [-0.4, -0.2) is 35.1 Å². The molecule has 0 saturated carbocycles. The summed E-state index contributed by atoms with van der Waals surface area (Å²) in [6.07, 6.45) is 3.77. The average Bonchev–Trinajstić information content (AvgIpc) is 3.03. The molecule has 222 valence electrons. The second-order valence-electron chi connectivity index (χ2n) is 11.9. The van der Waals surface area contributed by atoms with Gasteiger partial charge in [0.05, 0.1) is 5.92 Å². The van der Waals surface area contributed by atoms with Gasteiger partial charge in [0.15, 0.2) is 12.1 Å². The number of aliphatic imine (C=N–C) groups is 2. The molecule has 0 radical (unpaired) electrons. The number of nitrogens with one attached hydrogen (secondary N) is 1. The Balaban J connectivity index is 1.82. The standard InChI is InChI=1S/C37H40F2N4/c1-24-23-41-22-21-25(2)43(36-33(38)34(42-36)32(35(39)40)28(5)27(4)26(24)3)37(29-15-9-6-10-16-29,30-17-11-7-12-18-30)31-19-13-8-14-20-31/h6-24,26-28,32-34,40H,2H2,1,3-5H3/b22-21-,40-35?,41-23?/t24-,26+,27-,28-,32-,33?,34+/m1/s1. The molecule has 1 unspecified atom stereocenters. The Kier molecular flexibility index (Phi) is 8.86. The maximum atomic E-state index is 16.9. The Labute approximate surface area is 254 Å². The van der Waals surface area contributed by atoms with Gasteiger partial charge < -0.3 is 4.90 Å².